The number of rotatable bonds is 6. The minimum absolute atomic E-state index is 0.329. The molecule has 1 unspecified atom stereocenters. The van der Waals surface area contributed by atoms with Crippen LogP contribution in [0.15, 0.2) is 30.3 Å². The van der Waals surface area contributed by atoms with Crippen LogP contribution in [0.5, 0.6) is 0 Å². The number of hydrogen-bond acceptors (Lipinski definition) is 3. The average molecular weight is 291 g/mol. The Labute approximate surface area is 126 Å². The number of benzene rings is 1. The fourth-order valence-electron chi connectivity index (χ4n) is 3.09. The van der Waals surface area contributed by atoms with E-state index in [9.17, 15) is 15.0 Å². The van der Waals surface area contributed by atoms with E-state index < -0.39 is 17.6 Å². The van der Waals surface area contributed by atoms with Gasteiger partial charge in [-0.15, -0.1) is 0 Å². The van der Waals surface area contributed by atoms with Crippen LogP contribution in [0.3, 0.4) is 0 Å². The molecule has 116 valence electrons. The van der Waals surface area contributed by atoms with Crippen molar-refractivity contribution < 1.29 is 15.0 Å². The quantitative estimate of drug-likeness (QED) is 0.754. The van der Waals surface area contributed by atoms with Crippen LogP contribution in [-0.2, 0) is 4.79 Å². The fourth-order valence-corrected chi connectivity index (χ4v) is 3.09. The van der Waals surface area contributed by atoms with Gasteiger partial charge in [0.1, 0.15) is 6.04 Å². The Kier molecular flexibility index (Phi) is 5.37. The molecule has 1 saturated carbocycles. The maximum absolute atomic E-state index is 11.4. The van der Waals surface area contributed by atoms with Gasteiger partial charge in [0.05, 0.1) is 5.60 Å². The van der Waals surface area contributed by atoms with E-state index in [-0.39, 0.29) is 0 Å². The van der Waals surface area contributed by atoms with Crippen molar-refractivity contribution >= 4 is 5.97 Å². The van der Waals surface area contributed by atoms with Crippen molar-refractivity contribution in [2.24, 2.45) is 5.92 Å². The van der Waals surface area contributed by atoms with Gasteiger partial charge in [-0.2, -0.15) is 0 Å². The van der Waals surface area contributed by atoms with Crippen LogP contribution < -0.4 is 5.32 Å². The van der Waals surface area contributed by atoms with E-state index in [4.69, 9.17) is 0 Å². The molecule has 4 nitrogen and oxygen atoms in total. The molecule has 0 spiro atoms. The number of carboxylic acids is 1. The predicted octanol–water partition coefficient (Wildman–Crippen LogP) is 2.73. The van der Waals surface area contributed by atoms with E-state index >= 15 is 0 Å². The van der Waals surface area contributed by atoms with Crippen LogP contribution >= 0.6 is 0 Å². The van der Waals surface area contributed by atoms with Crippen LogP contribution in [0.4, 0.5) is 0 Å². The van der Waals surface area contributed by atoms with Crippen molar-refractivity contribution in [3.63, 3.8) is 0 Å². The average Bonchev–Trinajstić information content (AvgIpc) is 2.49. The third-order valence-corrected chi connectivity index (χ3v) is 4.63. The summed E-state index contributed by atoms with van der Waals surface area (Å²) in [4.78, 5) is 11.4. The molecule has 0 aliphatic heterocycles. The summed E-state index contributed by atoms with van der Waals surface area (Å²) in [6, 6.07) is 8.34. The van der Waals surface area contributed by atoms with Gasteiger partial charge in [-0.25, -0.2) is 0 Å². The molecule has 1 aliphatic rings. The molecule has 1 fully saturated rings. The molecule has 1 aromatic carbocycles. The molecule has 0 bridgehead atoms. The van der Waals surface area contributed by atoms with Crippen molar-refractivity contribution in [3.8, 4) is 0 Å². The minimum atomic E-state index is -0.910. The Morgan fingerprint density at radius 1 is 1.33 bits per heavy atom. The zero-order valence-electron chi connectivity index (χ0n) is 12.6. The molecular formula is C17H25NO3. The number of carboxylic acid groups (broad SMARTS) is 1. The zero-order chi connectivity index (χ0) is 15.3. The zero-order valence-corrected chi connectivity index (χ0v) is 12.6. The van der Waals surface area contributed by atoms with Crippen LogP contribution in [0, 0.1) is 5.92 Å². The topological polar surface area (TPSA) is 69.6 Å². The largest absolute Gasteiger partial charge is 0.480 e. The second-order valence-electron chi connectivity index (χ2n) is 6.14. The molecule has 0 amide bonds. The molecule has 21 heavy (non-hydrogen) atoms. The lowest BCUT2D eigenvalue weighted by Gasteiger charge is -2.36. The molecule has 0 heterocycles. The third kappa shape index (κ3) is 4.29. The molecule has 1 aliphatic carbocycles. The highest BCUT2D eigenvalue weighted by molar-refractivity contribution is 5.75. The fraction of sp³-hybridized carbons (Fsp3) is 0.588. The van der Waals surface area contributed by atoms with Gasteiger partial charge < -0.3 is 10.2 Å². The van der Waals surface area contributed by atoms with Gasteiger partial charge in [-0.3, -0.25) is 10.1 Å². The van der Waals surface area contributed by atoms with Gasteiger partial charge >= 0.3 is 5.97 Å². The standard InChI is InChI=1S/C17H25NO3/c1-2-13-8-10-17(21,11-9-13)12-18-15(16(19)20)14-6-4-3-5-7-14/h3-7,13,15,18,21H,2,8-12H2,1H3,(H,19,20). The Morgan fingerprint density at radius 3 is 2.48 bits per heavy atom. The SMILES string of the molecule is CCC1CCC(O)(CNC(C(=O)O)c2ccccc2)CC1. The summed E-state index contributed by atoms with van der Waals surface area (Å²) in [7, 11) is 0. The van der Waals surface area contributed by atoms with Gasteiger partial charge in [-0.05, 0) is 37.2 Å². The summed E-state index contributed by atoms with van der Waals surface area (Å²) >= 11 is 0. The number of aliphatic hydroxyl groups is 1. The Hall–Kier alpha value is -1.39. The molecule has 0 aromatic heterocycles. The number of aliphatic carboxylic acids is 1. The second-order valence-corrected chi connectivity index (χ2v) is 6.14. The molecule has 1 aromatic rings. The number of hydrogen-bond donors (Lipinski definition) is 3. The molecule has 1 atom stereocenters. The molecule has 4 heteroatoms. The van der Waals surface area contributed by atoms with E-state index in [1.807, 2.05) is 18.2 Å². The first-order chi connectivity index (χ1) is 10.0. The van der Waals surface area contributed by atoms with Gasteiger partial charge in [0.15, 0.2) is 0 Å². The maximum Gasteiger partial charge on any atom is 0.325 e. The van der Waals surface area contributed by atoms with E-state index in [1.54, 1.807) is 12.1 Å². The Morgan fingerprint density at radius 2 is 1.95 bits per heavy atom. The molecule has 2 rings (SSSR count). The lowest BCUT2D eigenvalue weighted by molar-refractivity contribution is -0.140. The molecule has 0 radical (unpaired) electrons. The second kappa shape index (κ2) is 7.05. The smallest absolute Gasteiger partial charge is 0.325 e. The summed E-state index contributed by atoms with van der Waals surface area (Å²) in [5.41, 5.74) is -0.0513. The Balaban J connectivity index is 1.95. The van der Waals surface area contributed by atoms with Crippen molar-refractivity contribution in [3.05, 3.63) is 35.9 Å². The van der Waals surface area contributed by atoms with E-state index in [2.05, 4.69) is 12.2 Å². The lowest BCUT2D eigenvalue weighted by atomic mass is 9.77. The summed E-state index contributed by atoms with van der Waals surface area (Å²) in [5.74, 6) is -0.207. The summed E-state index contributed by atoms with van der Waals surface area (Å²) < 4.78 is 0. The normalized spacial score (nSPS) is 27.2. The van der Waals surface area contributed by atoms with Crippen molar-refractivity contribution in [2.45, 2.75) is 50.7 Å². The molecular weight excluding hydrogens is 266 g/mol. The van der Waals surface area contributed by atoms with E-state index in [0.717, 1.165) is 37.7 Å². The summed E-state index contributed by atoms with van der Waals surface area (Å²) in [6.07, 6.45) is 4.71. The van der Waals surface area contributed by atoms with Crippen molar-refractivity contribution in [1.29, 1.82) is 0 Å². The van der Waals surface area contributed by atoms with Gasteiger partial charge in [0.25, 0.3) is 0 Å². The molecule has 3 N–H and O–H groups in total. The number of nitrogens with one attached hydrogen (secondary N) is 1. The monoisotopic (exact) mass is 291 g/mol. The third-order valence-electron chi connectivity index (χ3n) is 4.63. The van der Waals surface area contributed by atoms with Crippen molar-refractivity contribution in [2.75, 3.05) is 6.54 Å². The highest BCUT2D eigenvalue weighted by atomic mass is 16.4. The Bertz CT molecular complexity index is 452. The van der Waals surface area contributed by atoms with Crippen molar-refractivity contribution in [1.82, 2.24) is 5.32 Å². The lowest BCUT2D eigenvalue weighted by Crippen LogP contribution is -2.45. The molecule has 0 saturated heterocycles. The van der Waals surface area contributed by atoms with Gasteiger partial charge in [0.2, 0.25) is 0 Å². The minimum Gasteiger partial charge on any atom is -0.480 e. The predicted molar refractivity (Wildman–Crippen MR) is 82.0 cm³/mol. The first-order valence-corrected chi connectivity index (χ1v) is 7.77. The van der Waals surface area contributed by atoms with Gasteiger partial charge in [0, 0.05) is 6.54 Å². The van der Waals surface area contributed by atoms with Crippen LogP contribution in [0.2, 0.25) is 0 Å². The number of carbonyl (C=O) groups is 1. The van der Waals surface area contributed by atoms with E-state index in [1.165, 1.54) is 0 Å². The highest BCUT2D eigenvalue weighted by Gasteiger charge is 2.33. The first-order valence-electron chi connectivity index (χ1n) is 7.77. The summed E-state index contributed by atoms with van der Waals surface area (Å²) in [5, 5.41) is 23.0. The maximum atomic E-state index is 11.4. The first kappa shape index (κ1) is 16.0. The highest BCUT2D eigenvalue weighted by Crippen LogP contribution is 2.33. The van der Waals surface area contributed by atoms with Crippen LogP contribution in [0.25, 0.3) is 0 Å². The van der Waals surface area contributed by atoms with Crippen LogP contribution in [0.1, 0.15) is 50.6 Å². The summed E-state index contributed by atoms with van der Waals surface area (Å²) in [6.45, 7) is 2.51. The van der Waals surface area contributed by atoms with Gasteiger partial charge in [-0.1, -0.05) is 43.7 Å². The van der Waals surface area contributed by atoms with E-state index in [0.29, 0.717) is 12.5 Å². The van der Waals surface area contributed by atoms with Crippen LogP contribution in [-0.4, -0.2) is 28.3 Å².